The zero-order valence-corrected chi connectivity index (χ0v) is 19.6. The minimum absolute atomic E-state index is 0.0563. The summed E-state index contributed by atoms with van der Waals surface area (Å²) >= 11 is 12.0. The van der Waals surface area contributed by atoms with Crippen molar-refractivity contribution in [3.05, 3.63) is 52.0 Å². The maximum absolute atomic E-state index is 13.0. The number of hydrogen-bond donors (Lipinski definition) is 2. The molecule has 0 unspecified atom stereocenters. The second-order valence-electron chi connectivity index (χ2n) is 7.28. The molecular formula is C21H25Cl2N3O4S. The molecule has 2 N–H and O–H groups in total. The molecule has 1 aliphatic heterocycles. The van der Waals surface area contributed by atoms with E-state index >= 15 is 0 Å². The highest BCUT2D eigenvalue weighted by Gasteiger charge is 2.25. The third kappa shape index (κ3) is 5.83. The van der Waals surface area contributed by atoms with E-state index in [-0.39, 0.29) is 38.9 Å². The number of likely N-dealkylation sites (tertiary alicyclic amines) is 1. The van der Waals surface area contributed by atoms with Crippen LogP contribution in [0, 0.1) is 0 Å². The molecule has 2 aromatic rings. The number of piperidine rings is 1. The van der Waals surface area contributed by atoms with E-state index in [4.69, 9.17) is 27.9 Å². The molecule has 10 heteroatoms. The van der Waals surface area contributed by atoms with E-state index in [2.05, 4.69) is 21.9 Å². The summed E-state index contributed by atoms with van der Waals surface area (Å²) in [5.41, 5.74) is 0.366. The lowest BCUT2D eigenvalue weighted by molar-refractivity contribution is 0.0912. The number of methoxy groups -OCH3 is 1. The number of nitrogens with zero attached hydrogens (tertiary/aromatic N) is 1. The molecule has 31 heavy (non-hydrogen) atoms. The predicted molar refractivity (Wildman–Crippen MR) is 123 cm³/mol. The Balaban J connectivity index is 1.83. The first kappa shape index (κ1) is 23.7. The van der Waals surface area contributed by atoms with Gasteiger partial charge in [-0.25, -0.2) is 8.42 Å². The fourth-order valence-electron chi connectivity index (χ4n) is 3.47. The van der Waals surface area contributed by atoms with Crippen molar-refractivity contribution in [1.82, 2.24) is 10.2 Å². The number of carbonyl (C=O) groups excluding carboxylic acids is 1. The van der Waals surface area contributed by atoms with Gasteiger partial charge in [-0.15, -0.1) is 0 Å². The van der Waals surface area contributed by atoms with Crippen molar-refractivity contribution in [2.45, 2.75) is 30.7 Å². The molecule has 2 aromatic carbocycles. The van der Waals surface area contributed by atoms with Gasteiger partial charge >= 0.3 is 0 Å². The average Bonchev–Trinajstić information content (AvgIpc) is 2.76. The molecule has 1 fully saturated rings. The van der Waals surface area contributed by atoms with Gasteiger partial charge in [0.2, 0.25) is 0 Å². The van der Waals surface area contributed by atoms with Crippen molar-refractivity contribution in [2.24, 2.45) is 0 Å². The van der Waals surface area contributed by atoms with Gasteiger partial charge in [0.25, 0.3) is 15.9 Å². The smallest absolute Gasteiger partial charge is 0.265 e. The van der Waals surface area contributed by atoms with Gasteiger partial charge in [-0.2, -0.15) is 0 Å². The summed E-state index contributed by atoms with van der Waals surface area (Å²) in [6.45, 7) is 4.95. The number of anilines is 1. The molecular weight excluding hydrogens is 461 g/mol. The number of benzene rings is 2. The number of nitrogens with one attached hydrogen (secondary N) is 2. The van der Waals surface area contributed by atoms with Gasteiger partial charge < -0.3 is 15.0 Å². The molecule has 3 rings (SSSR count). The van der Waals surface area contributed by atoms with E-state index in [0.29, 0.717) is 5.02 Å². The van der Waals surface area contributed by atoms with E-state index in [1.165, 1.54) is 31.4 Å². The first-order valence-corrected chi connectivity index (χ1v) is 12.2. The fourth-order valence-corrected chi connectivity index (χ4v) is 5.13. The second-order valence-corrected chi connectivity index (χ2v) is 9.77. The van der Waals surface area contributed by atoms with Crippen LogP contribution in [0.15, 0.2) is 41.3 Å². The van der Waals surface area contributed by atoms with Crippen LogP contribution in [0.1, 0.15) is 30.1 Å². The number of hydrogen-bond acceptors (Lipinski definition) is 5. The summed E-state index contributed by atoms with van der Waals surface area (Å²) in [7, 11) is -2.74. The summed E-state index contributed by atoms with van der Waals surface area (Å²) < 4.78 is 33.7. The summed E-state index contributed by atoms with van der Waals surface area (Å²) in [6, 6.07) is 8.82. The Kier molecular flexibility index (Phi) is 7.69. The molecule has 0 bridgehead atoms. The van der Waals surface area contributed by atoms with Crippen molar-refractivity contribution >= 4 is 44.8 Å². The molecule has 0 spiro atoms. The van der Waals surface area contributed by atoms with Crippen LogP contribution in [-0.4, -0.2) is 52.0 Å². The zero-order valence-electron chi connectivity index (χ0n) is 17.3. The van der Waals surface area contributed by atoms with Gasteiger partial charge in [0.1, 0.15) is 10.6 Å². The summed E-state index contributed by atoms with van der Waals surface area (Å²) in [6.07, 6.45) is 1.71. The van der Waals surface area contributed by atoms with Crippen LogP contribution in [-0.2, 0) is 10.0 Å². The molecule has 1 saturated heterocycles. The van der Waals surface area contributed by atoms with E-state index in [1.54, 1.807) is 12.1 Å². The number of halogens is 2. The third-order valence-electron chi connectivity index (χ3n) is 5.26. The van der Waals surface area contributed by atoms with Crippen LogP contribution in [0.25, 0.3) is 0 Å². The molecule has 0 radical (unpaired) electrons. The van der Waals surface area contributed by atoms with E-state index in [0.717, 1.165) is 32.5 Å². The largest absolute Gasteiger partial charge is 0.495 e. The van der Waals surface area contributed by atoms with Gasteiger partial charge in [0.05, 0.1) is 17.8 Å². The fraction of sp³-hybridized carbons (Fsp3) is 0.381. The van der Waals surface area contributed by atoms with Crippen molar-refractivity contribution in [1.29, 1.82) is 0 Å². The Morgan fingerprint density at radius 3 is 2.52 bits per heavy atom. The summed E-state index contributed by atoms with van der Waals surface area (Å²) in [5.74, 6) is -0.215. The standard InChI is InChI=1S/C21H25Cl2N3O4S/c1-3-26-10-8-16(9-11-26)24-21(27)14-4-7-19(30-2)20(12-14)31(28,29)25-18-13-15(22)5-6-17(18)23/h4-7,12-13,16,25H,3,8-11H2,1-2H3,(H,24,27). The Bertz CT molecular complexity index is 1050. The lowest BCUT2D eigenvalue weighted by atomic mass is 10.0. The van der Waals surface area contributed by atoms with Crippen molar-refractivity contribution in [2.75, 3.05) is 31.5 Å². The van der Waals surface area contributed by atoms with Crippen molar-refractivity contribution in [3.63, 3.8) is 0 Å². The average molecular weight is 486 g/mol. The summed E-state index contributed by atoms with van der Waals surface area (Å²) in [5, 5.41) is 3.53. The maximum Gasteiger partial charge on any atom is 0.265 e. The van der Waals surface area contributed by atoms with Crippen LogP contribution in [0.5, 0.6) is 5.75 Å². The van der Waals surface area contributed by atoms with Crippen LogP contribution in [0.2, 0.25) is 10.0 Å². The maximum atomic E-state index is 13.0. The van der Waals surface area contributed by atoms with Gasteiger partial charge in [0.15, 0.2) is 0 Å². The van der Waals surface area contributed by atoms with Gasteiger partial charge in [-0.05, 0) is 55.8 Å². The first-order valence-electron chi connectivity index (χ1n) is 9.92. The molecule has 7 nitrogen and oxygen atoms in total. The lowest BCUT2D eigenvalue weighted by Crippen LogP contribution is -2.44. The highest BCUT2D eigenvalue weighted by atomic mass is 35.5. The van der Waals surface area contributed by atoms with Crippen LogP contribution < -0.4 is 14.8 Å². The Hall–Kier alpha value is -2.00. The monoisotopic (exact) mass is 485 g/mol. The first-order chi connectivity index (χ1) is 14.7. The Labute approximate surface area is 192 Å². The van der Waals surface area contributed by atoms with Crippen LogP contribution in [0.4, 0.5) is 5.69 Å². The normalized spacial score (nSPS) is 15.5. The highest BCUT2D eigenvalue weighted by Crippen LogP contribution is 2.31. The topological polar surface area (TPSA) is 87.7 Å². The predicted octanol–water partition coefficient (Wildman–Crippen LogP) is 4.02. The molecule has 0 atom stereocenters. The SMILES string of the molecule is CCN1CCC(NC(=O)c2ccc(OC)c(S(=O)(=O)Nc3cc(Cl)ccc3Cl)c2)CC1. The minimum Gasteiger partial charge on any atom is -0.495 e. The molecule has 0 aromatic heterocycles. The van der Waals surface area contributed by atoms with Crippen molar-refractivity contribution < 1.29 is 17.9 Å². The molecule has 0 aliphatic carbocycles. The van der Waals surface area contributed by atoms with Crippen LogP contribution in [0.3, 0.4) is 0 Å². The van der Waals surface area contributed by atoms with Gasteiger partial charge in [-0.3, -0.25) is 9.52 Å². The van der Waals surface area contributed by atoms with Crippen LogP contribution >= 0.6 is 23.2 Å². The number of sulfonamides is 1. The van der Waals surface area contributed by atoms with E-state index in [1.807, 2.05) is 0 Å². The Morgan fingerprint density at radius 2 is 1.87 bits per heavy atom. The number of rotatable bonds is 7. The zero-order chi connectivity index (χ0) is 22.6. The second kappa shape index (κ2) is 10.1. The quantitative estimate of drug-likeness (QED) is 0.618. The number of carbonyl (C=O) groups is 1. The molecule has 0 saturated carbocycles. The number of ether oxygens (including phenoxy) is 1. The van der Waals surface area contributed by atoms with E-state index < -0.39 is 10.0 Å². The minimum atomic E-state index is -4.10. The third-order valence-corrected chi connectivity index (χ3v) is 7.21. The molecule has 1 heterocycles. The van der Waals surface area contributed by atoms with Crippen molar-refractivity contribution in [3.8, 4) is 5.75 Å². The molecule has 168 valence electrons. The lowest BCUT2D eigenvalue weighted by Gasteiger charge is -2.31. The molecule has 1 aliphatic rings. The van der Waals surface area contributed by atoms with Gasteiger partial charge in [0, 0.05) is 29.7 Å². The highest BCUT2D eigenvalue weighted by molar-refractivity contribution is 7.92. The Morgan fingerprint density at radius 1 is 1.16 bits per heavy atom. The van der Waals surface area contributed by atoms with E-state index in [9.17, 15) is 13.2 Å². The van der Waals surface area contributed by atoms with Gasteiger partial charge in [-0.1, -0.05) is 30.1 Å². The number of amides is 1. The molecule has 1 amide bonds. The summed E-state index contributed by atoms with van der Waals surface area (Å²) in [4.78, 5) is 14.9.